The quantitative estimate of drug-likeness (QED) is 0.506. The van der Waals surface area contributed by atoms with Crippen LogP contribution in [0.3, 0.4) is 0 Å². The van der Waals surface area contributed by atoms with E-state index < -0.39 is 4.92 Å². The number of benzene rings is 1. The summed E-state index contributed by atoms with van der Waals surface area (Å²) in [5.74, 6) is -0.325. The molecule has 0 aromatic heterocycles. The van der Waals surface area contributed by atoms with E-state index in [-0.39, 0.29) is 29.3 Å². The number of ether oxygens (including phenoxy) is 1. The first-order valence-corrected chi connectivity index (χ1v) is 7.04. The third-order valence-corrected chi connectivity index (χ3v) is 4.19. The van der Waals surface area contributed by atoms with Crippen LogP contribution < -0.4 is 5.73 Å². The Kier molecular flexibility index (Phi) is 3.50. The monoisotopic (exact) mass is 291 g/mol. The Balaban J connectivity index is 1.94. The van der Waals surface area contributed by atoms with E-state index in [1.165, 1.54) is 18.2 Å². The minimum absolute atomic E-state index is 0.0206. The van der Waals surface area contributed by atoms with Gasteiger partial charge in [-0.2, -0.15) is 0 Å². The zero-order chi connectivity index (χ0) is 15.0. The van der Waals surface area contributed by atoms with Gasteiger partial charge in [-0.05, 0) is 31.4 Å². The zero-order valence-corrected chi connectivity index (χ0v) is 11.5. The van der Waals surface area contributed by atoms with E-state index in [4.69, 9.17) is 10.5 Å². The van der Waals surface area contributed by atoms with Crippen LogP contribution in [0, 0.1) is 10.1 Å². The van der Waals surface area contributed by atoms with Crippen LogP contribution in [0.15, 0.2) is 18.2 Å². The van der Waals surface area contributed by atoms with E-state index in [1.54, 1.807) is 4.90 Å². The first kappa shape index (κ1) is 13.8. The molecule has 1 saturated heterocycles. The molecule has 7 heteroatoms. The number of carbonyl (C=O) groups is 1. The molecule has 2 unspecified atom stereocenters. The van der Waals surface area contributed by atoms with Crippen LogP contribution in [0.5, 0.6) is 0 Å². The number of fused-ring (bicyclic) bond motifs is 1. The molecule has 1 aromatic carbocycles. The number of rotatable bonds is 2. The number of morpholine rings is 1. The van der Waals surface area contributed by atoms with Crippen molar-refractivity contribution in [3.05, 3.63) is 33.9 Å². The number of nitrogens with zero attached hydrogens (tertiary/aromatic N) is 2. The van der Waals surface area contributed by atoms with Gasteiger partial charge >= 0.3 is 0 Å². The molecule has 1 saturated carbocycles. The SMILES string of the molecule is Nc1ccc([N+](=O)[O-])c(C(=O)N2CCOC3CCCC32)c1. The number of carbonyl (C=O) groups excluding carboxylic acids is 1. The summed E-state index contributed by atoms with van der Waals surface area (Å²) in [5, 5.41) is 11.1. The van der Waals surface area contributed by atoms with Gasteiger partial charge in [0.05, 0.1) is 23.7 Å². The van der Waals surface area contributed by atoms with Crippen molar-refractivity contribution in [2.75, 3.05) is 18.9 Å². The number of anilines is 1. The maximum absolute atomic E-state index is 12.7. The predicted molar refractivity (Wildman–Crippen MR) is 75.9 cm³/mol. The Labute approximate surface area is 121 Å². The molecule has 2 atom stereocenters. The van der Waals surface area contributed by atoms with Crippen LogP contribution in [-0.2, 0) is 4.74 Å². The van der Waals surface area contributed by atoms with Gasteiger partial charge in [0.2, 0.25) is 0 Å². The second kappa shape index (κ2) is 5.33. The summed E-state index contributed by atoms with van der Waals surface area (Å²) < 4.78 is 5.67. The molecule has 21 heavy (non-hydrogen) atoms. The van der Waals surface area contributed by atoms with E-state index in [2.05, 4.69) is 0 Å². The molecule has 1 amide bonds. The van der Waals surface area contributed by atoms with Gasteiger partial charge in [0.25, 0.3) is 11.6 Å². The van der Waals surface area contributed by atoms with Gasteiger partial charge in [0.15, 0.2) is 0 Å². The lowest BCUT2D eigenvalue weighted by molar-refractivity contribution is -0.385. The highest BCUT2D eigenvalue weighted by atomic mass is 16.6. The molecule has 1 aromatic rings. The molecule has 2 N–H and O–H groups in total. The molecule has 3 rings (SSSR count). The number of hydrogen-bond donors (Lipinski definition) is 1. The van der Waals surface area contributed by atoms with E-state index in [0.29, 0.717) is 18.8 Å². The lowest BCUT2D eigenvalue weighted by atomic mass is 10.1. The van der Waals surface area contributed by atoms with E-state index >= 15 is 0 Å². The molecule has 1 aliphatic carbocycles. The summed E-state index contributed by atoms with van der Waals surface area (Å²) in [6, 6.07) is 4.13. The Morgan fingerprint density at radius 1 is 1.43 bits per heavy atom. The largest absolute Gasteiger partial charge is 0.399 e. The highest BCUT2D eigenvalue weighted by Crippen LogP contribution is 2.32. The summed E-state index contributed by atoms with van der Waals surface area (Å²) in [7, 11) is 0. The first-order valence-electron chi connectivity index (χ1n) is 7.04. The number of amides is 1. The average molecular weight is 291 g/mol. The fourth-order valence-corrected chi connectivity index (χ4v) is 3.22. The number of hydrogen-bond acceptors (Lipinski definition) is 5. The van der Waals surface area contributed by atoms with Crippen molar-refractivity contribution < 1.29 is 14.5 Å². The molecule has 1 aliphatic heterocycles. The Bertz CT molecular complexity index is 590. The molecular weight excluding hydrogens is 274 g/mol. The maximum Gasteiger partial charge on any atom is 0.282 e. The van der Waals surface area contributed by atoms with Gasteiger partial charge in [-0.15, -0.1) is 0 Å². The van der Waals surface area contributed by atoms with Crippen molar-refractivity contribution >= 4 is 17.3 Å². The standard InChI is InChI=1S/C14H17N3O4/c15-9-4-5-11(17(19)20)10(8-9)14(18)16-6-7-21-13-3-1-2-12(13)16/h4-5,8,12-13H,1-3,6-7,15H2. The zero-order valence-electron chi connectivity index (χ0n) is 11.5. The van der Waals surface area contributed by atoms with Crippen molar-refractivity contribution in [1.82, 2.24) is 4.90 Å². The smallest absolute Gasteiger partial charge is 0.282 e. The van der Waals surface area contributed by atoms with Crippen molar-refractivity contribution in [3.8, 4) is 0 Å². The highest BCUT2D eigenvalue weighted by molar-refractivity contribution is 5.99. The summed E-state index contributed by atoms with van der Waals surface area (Å²) in [5.41, 5.74) is 5.89. The van der Waals surface area contributed by atoms with E-state index in [9.17, 15) is 14.9 Å². The number of nitro groups is 1. The van der Waals surface area contributed by atoms with Crippen LogP contribution in [-0.4, -0.2) is 41.0 Å². The van der Waals surface area contributed by atoms with Gasteiger partial charge in [0, 0.05) is 18.3 Å². The van der Waals surface area contributed by atoms with E-state index in [0.717, 1.165) is 19.3 Å². The van der Waals surface area contributed by atoms with Crippen LogP contribution >= 0.6 is 0 Å². The fraction of sp³-hybridized carbons (Fsp3) is 0.500. The topological polar surface area (TPSA) is 98.7 Å². The molecule has 2 aliphatic rings. The van der Waals surface area contributed by atoms with E-state index in [1.807, 2.05) is 0 Å². The molecule has 1 heterocycles. The third-order valence-electron chi connectivity index (χ3n) is 4.19. The van der Waals surface area contributed by atoms with Crippen LogP contribution in [0.2, 0.25) is 0 Å². The first-order chi connectivity index (χ1) is 10.1. The third kappa shape index (κ3) is 2.44. The molecule has 7 nitrogen and oxygen atoms in total. The highest BCUT2D eigenvalue weighted by Gasteiger charge is 2.40. The van der Waals surface area contributed by atoms with Gasteiger partial charge in [-0.1, -0.05) is 0 Å². The van der Waals surface area contributed by atoms with Gasteiger partial charge < -0.3 is 15.4 Å². The summed E-state index contributed by atoms with van der Waals surface area (Å²) >= 11 is 0. The van der Waals surface area contributed by atoms with Crippen LogP contribution in [0.1, 0.15) is 29.6 Å². The molecule has 0 spiro atoms. The van der Waals surface area contributed by atoms with Gasteiger partial charge in [-0.3, -0.25) is 14.9 Å². The minimum atomic E-state index is -0.542. The molecule has 0 bridgehead atoms. The lowest BCUT2D eigenvalue weighted by Crippen LogP contribution is -2.51. The number of nitrogen functional groups attached to an aromatic ring is 1. The van der Waals surface area contributed by atoms with Crippen molar-refractivity contribution in [2.24, 2.45) is 0 Å². The van der Waals surface area contributed by atoms with Gasteiger partial charge in [0.1, 0.15) is 5.56 Å². The summed E-state index contributed by atoms with van der Waals surface area (Å²) in [6.07, 6.45) is 2.89. The Morgan fingerprint density at radius 2 is 2.24 bits per heavy atom. The normalized spacial score (nSPS) is 24.7. The molecule has 2 fully saturated rings. The molecular formula is C14H17N3O4. The Morgan fingerprint density at radius 3 is 3.00 bits per heavy atom. The van der Waals surface area contributed by atoms with Crippen molar-refractivity contribution in [3.63, 3.8) is 0 Å². The molecule has 112 valence electrons. The molecule has 0 radical (unpaired) electrons. The summed E-state index contributed by atoms with van der Waals surface area (Å²) in [6.45, 7) is 0.939. The second-order valence-corrected chi connectivity index (χ2v) is 5.44. The van der Waals surface area contributed by atoms with Gasteiger partial charge in [-0.25, -0.2) is 0 Å². The average Bonchev–Trinajstić information content (AvgIpc) is 2.94. The maximum atomic E-state index is 12.7. The minimum Gasteiger partial charge on any atom is -0.399 e. The predicted octanol–water partition coefficient (Wildman–Crippen LogP) is 1.57. The van der Waals surface area contributed by atoms with Crippen LogP contribution in [0.25, 0.3) is 0 Å². The lowest BCUT2D eigenvalue weighted by Gasteiger charge is -2.37. The number of nitrogens with two attached hydrogens (primary N) is 1. The van der Waals surface area contributed by atoms with Crippen LogP contribution in [0.4, 0.5) is 11.4 Å². The van der Waals surface area contributed by atoms with Crippen molar-refractivity contribution in [2.45, 2.75) is 31.4 Å². The Hall–Kier alpha value is -2.15. The van der Waals surface area contributed by atoms with Crippen molar-refractivity contribution in [1.29, 1.82) is 0 Å². The number of nitro benzene ring substituents is 1. The second-order valence-electron chi connectivity index (χ2n) is 5.44. The summed E-state index contributed by atoms with van der Waals surface area (Å²) in [4.78, 5) is 25.0. The fourth-order valence-electron chi connectivity index (χ4n) is 3.22.